The van der Waals surface area contributed by atoms with Gasteiger partial charge in [-0.3, -0.25) is 4.79 Å². The number of hydrogen-bond acceptors (Lipinski definition) is 4. The molecule has 0 radical (unpaired) electrons. The molecule has 1 fully saturated rings. The SMILES string of the molecule is CC(C)c1nnc(SCC(=O)Nc2ccccc2C(F)(F)F)n1C1CC1. The second kappa shape index (κ2) is 7.30. The first-order chi connectivity index (χ1) is 12.3. The van der Waals surface area contributed by atoms with Crippen molar-refractivity contribution in [1.82, 2.24) is 14.8 Å². The molecular weight excluding hydrogens is 365 g/mol. The van der Waals surface area contributed by atoms with Crippen LogP contribution in [0.5, 0.6) is 0 Å². The lowest BCUT2D eigenvalue weighted by Gasteiger charge is -2.13. The van der Waals surface area contributed by atoms with Crippen LogP contribution in [-0.4, -0.2) is 26.4 Å². The monoisotopic (exact) mass is 384 g/mol. The van der Waals surface area contributed by atoms with Gasteiger partial charge in [-0.05, 0) is 25.0 Å². The zero-order valence-corrected chi connectivity index (χ0v) is 15.2. The maximum atomic E-state index is 13.0. The van der Waals surface area contributed by atoms with Gasteiger partial charge in [0.25, 0.3) is 0 Å². The van der Waals surface area contributed by atoms with Gasteiger partial charge in [-0.2, -0.15) is 13.2 Å². The maximum absolute atomic E-state index is 13.0. The van der Waals surface area contributed by atoms with Crippen LogP contribution in [0.15, 0.2) is 29.4 Å². The predicted molar refractivity (Wildman–Crippen MR) is 93.2 cm³/mol. The third kappa shape index (κ3) is 4.20. The Hall–Kier alpha value is -2.03. The number of benzene rings is 1. The van der Waals surface area contributed by atoms with Gasteiger partial charge in [0.2, 0.25) is 5.91 Å². The summed E-state index contributed by atoms with van der Waals surface area (Å²) in [6.07, 6.45) is -2.41. The second-order valence-electron chi connectivity index (χ2n) is 6.48. The summed E-state index contributed by atoms with van der Waals surface area (Å²) >= 11 is 1.19. The van der Waals surface area contributed by atoms with E-state index in [4.69, 9.17) is 0 Å². The van der Waals surface area contributed by atoms with Crippen LogP contribution in [0, 0.1) is 0 Å². The van der Waals surface area contributed by atoms with E-state index in [1.54, 1.807) is 0 Å². The van der Waals surface area contributed by atoms with Crippen molar-refractivity contribution < 1.29 is 18.0 Å². The molecule has 1 heterocycles. The van der Waals surface area contributed by atoms with E-state index in [-0.39, 0.29) is 17.4 Å². The normalized spacial score (nSPS) is 14.7. The Morgan fingerprint density at radius 1 is 1.31 bits per heavy atom. The molecule has 140 valence electrons. The smallest absolute Gasteiger partial charge is 0.325 e. The zero-order chi connectivity index (χ0) is 18.9. The number of nitrogens with one attached hydrogen (secondary N) is 1. The number of anilines is 1. The number of carbonyl (C=O) groups is 1. The molecule has 0 spiro atoms. The summed E-state index contributed by atoms with van der Waals surface area (Å²) in [6, 6.07) is 5.30. The van der Waals surface area contributed by atoms with Gasteiger partial charge in [-0.15, -0.1) is 10.2 Å². The summed E-state index contributed by atoms with van der Waals surface area (Å²) in [5.74, 6) is 0.542. The number of amides is 1. The third-order valence-electron chi connectivity index (χ3n) is 3.96. The minimum Gasteiger partial charge on any atom is -0.325 e. The van der Waals surface area contributed by atoms with Crippen molar-refractivity contribution in [3.8, 4) is 0 Å². The van der Waals surface area contributed by atoms with Crippen LogP contribution in [-0.2, 0) is 11.0 Å². The van der Waals surface area contributed by atoms with Gasteiger partial charge < -0.3 is 9.88 Å². The van der Waals surface area contributed by atoms with Crippen molar-refractivity contribution in [2.45, 2.75) is 50.0 Å². The Morgan fingerprint density at radius 3 is 2.62 bits per heavy atom. The highest BCUT2D eigenvalue weighted by atomic mass is 32.2. The fraction of sp³-hybridized carbons (Fsp3) is 0.471. The molecule has 3 rings (SSSR count). The molecule has 1 aliphatic rings. The van der Waals surface area contributed by atoms with Crippen molar-refractivity contribution in [3.63, 3.8) is 0 Å². The lowest BCUT2D eigenvalue weighted by molar-refractivity contribution is -0.137. The van der Waals surface area contributed by atoms with Crippen LogP contribution in [0.3, 0.4) is 0 Å². The number of alkyl halides is 3. The van der Waals surface area contributed by atoms with Crippen LogP contribution in [0.25, 0.3) is 0 Å². The van der Waals surface area contributed by atoms with Crippen LogP contribution < -0.4 is 5.32 Å². The van der Waals surface area contributed by atoms with Crippen molar-refractivity contribution in [3.05, 3.63) is 35.7 Å². The predicted octanol–water partition coefficient (Wildman–Crippen LogP) is 4.49. The molecule has 1 aromatic heterocycles. The minimum absolute atomic E-state index is 0.0326. The minimum atomic E-state index is -4.52. The average molecular weight is 384 g/mol. The van der Waals surface area contributed by atoms with E-state index in [0.717, 1.165) is 24.7 Å². The third-order valence-corrected chi connectivity index (χ3v) is 4.90. The maximum Gasteiger partial charge on any atom is 0.418 e. The number of para-hydroxylation sites is 1. The molecule has 0 atom stereocenters. The van der Waals surface area contributed by atoms with Gasteiger partial charge >= 0.3 is 6.18 Å². The fourth-order valence-corrected chi connectivity index (χ4v) is 3.42. The van der Waals surface area contributed by atoms with Gasteiger partial charge in [-0.25, -0.2) is 0 Å². The zero-order valence-electron chi connectivity index (χ0n) is 14.4. The number of hydrogen-bond donors (Lipinski definition) is 1. The van der Waals surface area contributed by atoms with E-state index in [9.17, 15) is 18.0 Å². The lowest BCUT2D eigenvalue weighted by Crippen LogP contribution is -2.18. The van der Waals surface area contributed by atoms with Gasteiger partial charge in [0, 0.05) is 12.0 Å². The molecule has 26 heavy (non-hydrogen) atoms. The molecule has 2 aromatic rings. The summed E-state index contributed by atoms with van der Waals surface area (Å²) < 4.78 is 41.0. The van der Waals surface area contributed by atoms with E-state index in [1.807, 2.05) is 18.4 Å². The Morgan fingerprint density at radius 2 is 2.00 bits per heavy atom. The van der Waals surface area contributed by atoms with Gasteiger partial charge in [0.15, 0.2) is 5.16 Å². The highest BCUT2D eigenvalue weighted by Crippen LogP contribution is 2.40. The van der Waals surface area contributed by atoms with Crippen molar-refractivity contribution in [1.29, 1.82) is 0 Å². The molecule has 1 aromatic carbocycles. The Balaban J connectivity index is 1.68. The van der Waals surface area contributed by atoms with E-state index in [1.165, 1.54) is 30.0 Å². The molecule has 1 N–H and O–H groups in total. The average Bonchev–Trinajstić information content (AvgIpc) is 3.31. The second-order valence-corrected chi connectivity index (χ2v) is 7.42. The standard InChI is InChI=1S/C17H19F3N4OS/c1-10(2)15-22-23-16(24(15)11-7-8-11)26-9-14(25)21-13-6-4-3-5-12(13)17(18,19)20/h3-6,10-11H,7-9H2,1-2H3,(H,21,25). The first-order valence-corrected chi connectivity index (χ1v) is 9.29. The number of aromatic nitrogens is 3. The van der Waals surface area contributed by atoms with Crippen LogP contribution in [0.2, 0.25) is 0 Å². The number of carbonyl (C=O) groups excluding carboxylic acids is 1. The largest absolute Gasteiger partial charge is 0.418 e. The molecular formula is C17H19F3N4OS. The number of rotatable bonds is 6. The van der Waals surface area contributed by atoms with Crippen molar-refractivity contribution >= 4 is 23.4 Å². The van der Waals surface area contributed by atoms with Gasteiger partial charge in [-0.1, -0.05) is 37.7 Å². The fourth-order valence-electron chi connectivity index (χ4n) is 2.61. The summed E-state index contributed by atoms with van der Waals surface area (Å²) in [5.41, 5.74) is -1.10. The summed E-state index contributed by atoms with van der Waals surface area (Å²) in [6.45, 7) is 4.05. The highest BCUT2D eigenvalue weighted by molar-refractivity contribution is 7.99. The Kier molecular flexibility index (Phi) is 5.27. The summed E-state index contributed by atoms with van der Waals surface area (Å²) in [4.78, 5) is 12.1. The van der Waals surface area contributed by atoms with Crippen molar-refractivity contribution in [2.24, 2.45) is 0 Å². The van der Waals surface area contributed by atoms with Crippen LogP contribution >= 0.6 is 11.8 Å². The van der Waals surface area contributed by atoms with Gasteiger partial charge in [0.1, 0.15) is 5.82 Å². The van der Waals surface area contributed by atoms with Gasteiger partial charge in [0.05, 0.1) is 17.0 Å². The summed E-state index contributed by atoms with van der Waals surface area (Å²) in [5, 5.41) is 11.3. The quantitative estimate of drug-likeness (QED) is 0.746. The van der Waals surface area contributed by atoms with Crippen LogP contribution in [0.4, 0.5) is 18.9 Å². The van der Waals surface area contributed by atoms with E-state index >= 15 is 0 Å². The summed E-state index contributed by atoms with van der Waals surface area (Å²) in [7, 11) is 0. The Labute approximate surface area is 153 Å². The molecule has 0 bridgehead atoms. The first-order valence-electron chi connectivity index (χ1n) is 8.31. The molecule has 5 nitrogen and oxygen atoms in total. The Bertz CT molecular complexity index is 800. The van der Waals surface area contributed by atoms with E-state index < -0.39 is 17.6 Å². The van der Waals surface area contributed by atoms with Crippen molar-refractivity contribution in [2.75, 3.05) is 11.1 Å². The van der Waals surface area contributed by atoms with E-state index in [0.29, 0.717) is 11.2 Å². The molecule has 1 aliphatic carbocycles. The lowest BCUT2D eigenvalue weighted by atomic mass is 10.1. The molecule has 0 aliphatic heterocycles. The highest BCUT2D eigenvalue weighted by Gasteiger charge is 2.34. The topological polar surface area (TPSA) is 59.8 Å². The number of thioether (sulfide) groups is 1. The number of nitrogens with zero attached hydrogens (tertiary/aromatic N) is 3. The molecule has 0 saturated heterocycles. The van der Waals surface area contributed by atoms with Crippen LogP contribution in [0.1, 0.15) is 50.0 Å². The molecule has 9 heteroatoms. The molecule has 1 amide bonds. The molecule has 1 saturated carbocycles. The first kappa shape index (κ1) is 18.8. The number of halogens is 3. The molecule has 0 unspecified atom stereocenters. The van der Waals surface area contributed by atoms with E-state index in [2.05, 4.69) is 15.5 Å².